The third kappa shape index (κ3) is 2.86. The zero-order chi connectivity index (χ0) is 14.9. The summed E-state index contributed by atoms with van der Waals surface area (Å²) in [6.45, 7) is 0. The molecule has 6 heteroatoms. The smallest absolute Gasteiger partial charge is 0.134 e. The van der Waals surface area contributed by atoms with E-state index in [-0.39, 0.29) is 5.56 Å². The summed E-state index contributed by atoms with van der Waals surface area (Å²) in [7, 11) is 1.50. The quantitative estimate of drug-likeness (QED) is 0.815. The van der Waals surface area contributed by atoms with Gasteiger partial charge in [0.15, 0.2) is 0 Å². The molecule has 20 heavy (non-hydrogen) atoms. The Morgan fingerprint density at radius 3 is 2.05 bits per heavy atom. The van der Waals surface area contributed by atoms with Gasteiger partial charge in [-0.05, 0) is 24.7 Å². The van der Waals surface area contributed by atoms with Gasteiger partial charge in [0.2, 0.25) is 0 Å². The van der Waals surface area contributed by atoms with Gasteiger partial charge in [0.25, 0.3) is 0 Å². The normalized spacial score (nSPS) is 12.5. The second-order valence-corrected chi connectivity index (χ2v) is 5.02. The molecule has 0 saturated heterocycles. The lowest BCUT2D eigenvalue weighted by Gasteiger charge is -2.20. The van der Waals surface area contributed by atoms with Crippen molar-refractivity contribution in [2.45, 2.75) is 6.04 Å². The molecule has 0 bridgehead atoms. The summed E-state index contributed by atoms with van der Waals surface area (Å²) in [5.41, 5.74) is 0.125. The standard InChI is InChI=1S/C14H10BrF4N/c1-20-14(9-3-2-7(16)4-10(9)15)13-11(18)5-8(17)6-12(13)19/h2-6,14,20H,1H3. The van der Waals surface area contributed by atoms with E-state index in [9.17, 15) is 17.6 Å². The van der Waals surface area contributed by atoms with Crippen LogP contribution in [0.3, 0.4) is 0 Å². The van der Waals surface area contributed by atoms with Crippen LogP contribution in [-0.2, 0) is 0 Å². The van der Waals surface area contributed by atoms with E-state index in [0.29, 0.717) is 22.2 Å². The minimum Gasteiger partial charge on any atom is -0.309 e. The molecule has 2 rings (SSSR count). The molecule has 1 unspecified atom stereocenters. The first-order chi connectivity index (χ1) is 9.43. The molecule has 0 aromatic heterocycles. The van der Waals surface area contributed by atoms with Gasteiger partial charge in [-0.3, -0.25) is 0 Å². The van der Waals surface area contributed by atoms with Crippen LogP contribution in [0.25, 0.3) is 0 Å². The first-order valence-electron chi connectivity index (χ1n) is 5.70. The summed E-state index contributed by atoms with van der Waals surface area (Å²) >= 11 is 3.15. The number of benzene rings is 2. The topological polar surface area (TPSA) is 12.0 Å². The van der Waals surface area contributed by atoms with Crippen molar-refractivity contribution < 1.29 is 17.6 Å². The minimum absolute atomic E-state index is 0.318. The average Bonchev–Trinajstić information content (AvgIpc) is 2.34. The number of nitrogens with one attached hydrogen (secondary N) is 1. The number of hydrogen-bond donors (Lipinski definition) is 1. The molecule has 0 aliphatic heterocycles. The average molecular weight is 348 g/mol. The second kappa shape index (κ2) is 5.93. The maximum Gasteiger partial charge on any atom is 0.134 e. The molecule has 0 heterocycles. The highest BCUT2D eigenvalue weighted by atomic mass is 79.9. The summed E-state index contributed by atoms with van der Waals surface area (Å²) in [4.78, 5) is 0. The van der Waals surface area contributed by atoms with Gasteiger partial charge >= 0.3 is 0 Å². The Balaban J connectivity index is 2.58. The van der Waals surface area contributed by atoms with E-state index >= 15 is 0 Å². The summed E-state index contributed by atoms with van der Waals surface area (Å²) < 4.78 is 54.1. The lowest BCUT2D eigenvalue weighted by molar-refractivity contribution is 0.499. The first kappa shape index (κ1) is 15.0. The lowest BCUT2D eigenvalue weighted by Crippen LogP contribution is -2.21. The van der Waals surface area contributed by atoms with Crippen LogP contribution in [0.4, 0.5) is 17.6 Å². The molecule has 0 aliphatic rings. The van der Waals surface area contributed by atoms with E-state index in [1.807, 2.05) is 0 Å². The molecule has 1 nitrogen and oxygen atoms in total. The molecule has 0 amide bonds. The minimum atomic E-state index is -1.00. The van der Waals surface area contributed by atoms with Crippen LogP contribution < -0.4 is 5.32 Å². The van der Waals surface area contributed by atoms with Crippen LogP contribution in [0.15, 0.2) is 34.8 Å². The van der Waals surface area contributed by atoms with Crippen molar-refractivity contribution in [2.75, 3.05) is 7.05 Å². The predicted molar refractivity (Wildman–Crippen MR) is 71.3 cm³/mol. The van der Waals surface area contributed by atoms with Crippen molar-refractivity contribution in [3.05, 3.63) is 69.2 Å². The highest BCUT2D eigenvalue weighted by Crippen LogP contribution is 2.32. The Morgan fingerprint density at radius 1 is 0.950 bits per heavy atom. The second-order valence-electron chi connectivity index (χ2n) is 4.17. The molecule has 0 radical (unpaired) electrons. The molecule has 0 saturated carbocycles. The van der Waals surface area contributed by atoms with Crippen molar-refractivity contribution in [3.8, 4) is 0 Å². The molecular formula is C14H10BrF4N. The summed E-state index contributed by atoms with van der Waals surface area (Å²) in [6, 6.07) is 4.14. The lowest BCUT2D eigenvalue weighted by atomic mass is 9.97. The SMILES string of the molecule is CNC(c1ccc(F)cc1Br)c1c(F)cc(F)cc1F. The number of halogens is 5. The first-order valence-corrected chi connectivity index (χ1v) is 6.50. The molecule has 2 aromatic carbocycles. The Morgan fingerprint density at radius 2 is 1.55 bits per heavy atom. The Kier molecular flexibility index (Phi) is 4.45. The highest BCUT2D eigenvalue weighted by Gasteiger charge is 2.23. The van der Waals surface area contributed by atoms with E-state index < -0.39 is 29.3 Å². The molecule has 0 fully saturated rings. The zero-order valence-electron chi connectivity index (χ0n) is 10.4. The van der Waals surface area contributed by atoms with Crippen LogP contribution in [-0.4, -0.2) is 7.05 Å². The largest absolute Gasteiger partial charge is 0.309 e. The van der Waals surface area contributed by atoms with Gasteiger partial charge < -0.3 is 5.32 Å². The molecule has 2 aromatic rings. The van der Waals surface area contributed by atoms with Gasteiger partial charge in [-0.25, -0.2) is 17.6 Å². The van der Waals surface area contributed by atoms with Crippen molar-refractivity contribution in [1.29, 1.82) is 0 Å². The molecule has 0 spiro atoms. The van der Waals surface area contributed by atoms with Gasteiger partial charge in [-0.1, -0.05) is 22.0 Å². The van der Waals surface area contributed by atoms with Crippen molar-refractivity contribution in [1.82, 2.24) is 5.32 Å². The van der Waals surface area contributed by atoms with Crippen LogP contribution >= 0.6 is 15.9 Å². The van der Waals surface area contributed by atoms with E-state index in [1.54, 1.807) is 0 Å². The molecule has 106 valence electrons. The zero-order valence-corrected chi connectivity index (χ0v) is 11.9. The van der Waals surface area contributed by atoms with Gasteiger partial charge in [-0.2, -0.15) is 0 Å². The summed E-state index contributed by atoms with van der Waals surface area (Å²) in [5.74, 6) is -3.47. The van der Waals surface area contributed by atoms with E-state index in [2.05, 4.69) is 21.2 Å². The monoisotopic (exact) mass is 347 g/mol. The van der Waals surface area contributed by atoms with Gasteiger partial charge in [0.1, 0.15) is 23.3 Å². The van der Waals surface area contributed by atoms with Gasteiger partial charge in [0, 0.05) is 22.2 Å². The predicted octanol–water partition coefficient (Wildman–Crippen LogP) is 4.31. The number of hydrogen-bond acceptors (Lipinski definition) is 1. The molecule has 0 aliphatic carbocycles. The Hall–Kier alpha value is -1.40. The van der Waals surface area contributed by atoms with E-state index in [1.165, 1.54) is 25.2 Å². The third-order valence-electron chi connectivity index (χ3n) is 2.89. The maximum absolute atomic E-state index is 13.8. The fraction of sp³-hybridized carbons (Fsp3) is 0.143. The summed E-state index contributed by atoms with van der Waals surface area (Å²) in [6.07, 6.45) is 0. The maximum atomic E-state index is 13.8. The Bertz CT molecular complexity index is 622. The number of rotatable bonds is 3. The summed E-state index contributed by atoms with van der Waals surface area (Å²) in [5, 5.41) is 2.74. The van der Waals surface area contributed by atoms with Crippen molar-refractivity contribution in [2.24, 2.45) is 0 Å². The van der Waals surface area contributed by atoms with Crippen LogP contribution in [0, 0.1) is 23.3 Å². The fourth-order valence-corrected chi connectivity index (χ4v) is 2.60. The van der Waals surface area contributed by atoms with E-state index in [0.717, 1.165) is 0 Å². The van der Waals surface area contributed by atoms with Crippen LogP contribution in [0.5, 0.6) is 0 Å². The molecule has 1 N–H and O–H groups in total. The van der Waals surface area contributed by atoms with E-state index in [4.69, 9.17) is 0 Å². The Labute approximate surface area is 121 Å². The van der Waals surface area contributed by atoms with Crippen molar-refractivity contribution >= 4 is 15.9 Å². The molecular weight excluding hydrogens is 338 g/mol. The van der Waals surface area contributed by atoms with Crippen molar-refractivity contribution in [3.63, 3.8) is 0 Å². The fourth-order valence-electron chi connectivity index (χ4n) is 2.02. The van der Waals surface area contributed by atoms with Gasteiger partial charge in [-0.15, -0.1) is 0 Å². The van der Waals surface area contributed by atoms with Gasteiger partial charge in [0.05, 0.1) is 6.04 Å². The van der Waals surface area contributed by atoms with Crippen LogP contribution in [0.2, 0.25) is 0 Å². The third-order valence-corrected chi connectivity index (χ3v) is 3.58. The van der Waals surface area contributed by atoms with Crippen LogP contribution in [0.1, 0.15) is 17.2 Å². The molecule has 1 atom stereocenters. The highest BCUT2D eigenvalue weighted by molar-refractivity contribution is 9.10.